The van der Waals surface area contributed by atoms with Crippen molar-refractivity contribution < 1.29 is 27.9 Å². The van der Waals surface area contributed by atoms with Gasteiger partial charge in [-0.2, -0.15) is 18.2 Å². The monoisotopic (exact) mass is 394 g/mol. The number of fused-ring (bicyclic) bond motifs is 1. The molecule has 140 valence electrons. The average molecular weight is 394 g/mol. The van der Waals surface area contributed by atoms with E-state index in [1.54, 1.807) is 24.3 Å². The van der Waals surface area contributed by atoms with E-state index in [0.29, 0.717) is 10.2 Å². The Labute approximate surface area is 155 Å². The Morgan fingerprint density at radius 1 is 1.15 bits per heavy atom. The standard InChI is InChI=1S/C18H13F3N2O3S/c1-10(16(25)26)23-13-7-2-3-8-14(13)27-17(23)22-15(24)11-5-4-6-12(9-11)18(19,20)21/h2-10H,1H3,(H,25,26). The molecule has 0 bridgehead atoms. The Morgan fingerprint density at radius 2 is 1.85 bits per heavy atom. The third-order valence-electron chi connectivity index (χ3n) is 3.91. The molecule has 0 aliphatic carbocycles. The Balaban J connectivity index is 2.15. The number of aliphatic carboxylic acids is 1. The summed E-state index contributed by atoms with van der Waals surface area (Å²) in [6.07, 6.45) is -4.58. The van der Waals surface area contributed by atoms with Crippen LogP contribution in [0.15, 0.2) is 53.5 Å². The van der Waals surface area contributed by atoms with Gasteiger partial charge in [0.15, 0.2) is 4.80 Å². The molecule has 1 aromatic heterocycles. The summed E-state index contributed by atoms with van der Waals surface area (Å²) in [5.41, 5.74) is -0.600. The molecular weight excluding hydrogens is 381 g/mol. The maximum absolute atomic E-state index is 12.8. The molecule has 0 aliphatic rings. The van der Waals surface area contributed by atoms with E-state index in [1.807, 2.05) is 0 Å². The number of hydrogen-bond acceptors (Lipinski definition) is 3. The number of para-hydroxylation sites is 1. The lowest BCUT2D eigenvalue weighted by molar-refractivity contribution is -0.140. The van der Waals surface area contributed by atoms with Crippen molar-refractivity contribution in [3.8, 4) is 0 Å². The zero-order chi connectivity index (χ0) is 19.8. The number of carbonyl (C=O) groups excluding carboxylic acids is 1. The quantitative estimate of drug-likeness (QED) is 0.727. The molecule has 9 heteroatoms. The van der Waals surface area contributed by atoms with Gasteiger partial charge in [-0.25, -0.2) is 4.79 Å². The minimum Gasteiger partial charge on any atom is -0.480 e. The topological polar surface area (TPSA) is 71.7 Å². The Morgan fingerprint density at radius 3 is 2.52 bits per heavy atom. The van der Waals surface area contributed by atoms with Crippen LogP contribution in [0.1, 0.15) is 28.9 Å². The molecule has 0 saturated heterocycles. The molecule has 2 aromatic carbocycles. The Hall–Kier alpha value is -2.94. The van der Waals surface area contributed by atoms with Gasteiger partial charge in [0.05, 0.1) is 15.8 Å². The Bertz CT molecular complexity index is 1100. The molecule has 3 rings (SSSR count). The molecule has 1 unspecified atom stereocenters. The van der Waals surface area contributed by atoms with E-state index in [0.717, 1.165) is 29.5 Å². The van der Waals surface area contributed by atoms with Gasteiger partial charge in [0.1, 0.15) is 6.04 Å². The second-order valence-electron chi connectivity index (χ2n) is 5.73. The van der Waals surface area contributed by atoms with Crippen LogP contribution < -0.4 is 4.80 Å². The van der Waals surface area contributed by atoms with Gasteiger partial charge in [-0.05, 0) is 37.3 Å². The second kappa shape index (κ2) is 6.99. The predicted octanol–water partition coefficient (Wildman–Crippen LogP) is 4.11. The maximum Gasteiger partial charge on any atom is 0.416 e. The van der Waals surface area contributed by atoms with Crippen molar-refractivity contribution in [3.63, 3.8) is 0 Å². The number of benzene rings is 2. The largest absolute Gasteiger partial charge is 0.480 e. The highest BCUT2D eigenvalue weighted by Gasteiger charge is 2.31. The molecule has 5 nitrogen and oxygen atoms in total. The first-order valence-electron chi connectivity index (χ1n) is 7.77. The van der Waals surface area contributed by atoms with Crippen LogP contribution in [0, 0.1) is 0 Å². The van der Waals surface area contributed by atoms with E-state index >= 15 is 0 Å². The molecule has 1 heterocycles. The van der Waals surface area contributed by atoms with Crippen LogP contribution in [-0.4, -0.2) is 21.6 Å². The number of rotatable bonds is 3. The minimum atomic E-state index is -4.58. The number of carboxylic acids is 1. The summed E-state index contributed by atoms with van der Waals surface area (Å²) in [5, 5.41) is 9.35. The van der Waals surface area contributed by atoms with Crippen molar-refractivity contribution in [1.29, 1.82) is 0 Å². The highest BCUT2D eigenvalue weighted by molar-refractivity contribution is 7.16. The molecule has 0 saturated carbocycles. The van der Waals surface area contributed by atoms with Crippen molar-refractivity contribution >= 4 is 33.4 Å². The molecule has 1 atom stereocenters. The van der Waals surface area contributed by atoms with Crippen LogP contribution in [0.5, 0.6) is 0 Å². The second-order valence-corrected chi connectivity index (χ2v) is 6.74. The number of halogens is 3. The number of alkyl halides is 3. The lowest BCUT2D eigenvalue weighted by atomic mass is 10.1. The highest BCUT2D eigenvalue weighted by Crippen LogP contribution is 2.29. The van der Waals surface area contributed by atoms with Crippen molar-refractivity contribution in [2.24, 2.45) is 4.99 Å². The normalized spacial score (nSPS) is 13.7. The fourth-order valence-electron chi connectivity index (χ4n) is 2.53. The molecule has 1 N–H and O–H groups in total. The van der Waals surface area contributed by atoms with Crippen LogP contribution >= 0.6 is 11.3 Å². The Kier molecular flexibility index (Phi) is 4.88. The van der Waals surface area contributed by atoms with E-state index in [-0.39, 0.29) is 10.4 Å². The molecule has 3 aromatic rings. The van der Waals surface area contributed by atoms with Gasteiger partial charge in [-0.1, -0.05) is 29.5 Å². The third-order valence-corrected chi connectivity index (χ3v) is 4.95. The van der Waals surface area contributed by atoms with Crippen LogP contribution in [0.25, 0.3) is 10.2 Å². The number of hydrogen-bond donors (Lipinski definition) is 1. The van der Waals surface area contributed by atoms with Crippen LogP contribution in [0.4, 0.5) is 13.2 Å². The molecule has 27 heavy (non-hydrogen) atoms. The summed E-state index contributed by atoms with van der Waals surface area (Å²) < 4.78 is 40.6. The number of carbonyl (C=O) groups is 2. The van der Waals surface area contributed by atoms with E-state index in [2.05, 4.69) is 4.99 Å². The fraction of sp³-hybridized carbons (Fsp3) is 0.167. The van der Waals surface area contributed by atoms with E-state index < -0.39 is 29.7 Å². The number of nitrogens with zero attached hydrogens (tertiary/aromatic N) is 2. The molecule has 0 radical (unpaired) electrons. The van der Waals surface area contributed by atoms with Gasteiger partial charge >= 0.3 is 12.1 Å². The van der Waals surface area contributed by atoms with E-state index in [4.69, 9.17) is 0 Å². The first kappa shape index (κ1) is 18.8. The maximum atomic E-state index is 12.8. The number of aromatic nitrogens is 1. The van der Waals surface area contributed by atoms with Gasteiger partial charge < -0.3 is 9.67 Å². The average Bonchev–Trinajstić information content (AvgIpc) is 2.98. The smallest absolute Gasteiger partial charge is 0.416 e. The van der Waals surface area contributed by atoms with Crippen LogP contribution in [0.2, 0.25) is 0 Å². The van der Waals surface area contributed by atoms with Crippen molar-refractivity contribution in [3.05, 3.63) is 64.5 Å². The SMILES string of the molecule is CC(C(=O)O)n1c(=NC(=O)c2cccc(C(F)(F)F)c2)sc2ccccc21. The van der Waals surface area contributed by atoms with Gasteiger partial charge in [-0.15, -0.1) is 0 Å². The summed E-state index contributed by atoms with van der Waals surface area (Å²) >= 11 is 1.09. The lowest BCUT2D eigenvalue weighted by Crippen LogP contribution is -2.25. The zero-order valence-corrected chi connectivity index (χ0v) is 14.7. The van der Waals surface area contributed by atoms with E-state index in [1.165, 1.54) is 17.6 Å². The summed E-state index contributed by atoms with van der Waals surface area (Å²) in [6.45, 7) is 1.44. The zero-order valence-electron chi connectivity index (χ0n) is 13.9. The van der Waals surface area contributed by atoms with Crippen molar-refractivity contribution in [2.75, 3.05) is 0 Å². The minimum absolute atomic E-state index is 0.105. The van der Waals surface area contributed by atoms with Gasteiger partial charge in [0.25, 0.3) is 5.91 Å². The van der Waals surface area contributed by atoms with Crippen LogP contribution in [0.3, 0.4) is 0 Å². The molecule has 1 amide bonds. The predicted molar refractivity (Wildman–Crippen MR) is 93.5 cm³/mol. The lowest BCUT2D eigenvalue weighted by Gasteiger charge is -2.10. The molecule has 0 spiro atoms. The molecule has 0 fully saturated rings. The van der Waals surface area contributed by atoms with Gasteiger partial charge in [0.2, 0.25) is 0 Å². The summed E-state index contributed by atoms with van der Waals surface area (Å²) in [7, 11) is 0. The highest BCUT2D eigenvalue weighted by atomic mass is 32.1. The first-order chi connectivity index (χ1) is 12.7. The number of carboxylic acid groups (broad SMARTS) is 1. The summed E-state index contributed by atoms with van der Waals surface area (Å²) in [6, 6.07) is 9.87. The van der Waals surface area contributed by atoms with Crippen LogP contribution in [-0.2, 0) is 11.0 Å². The summed E-state index contributed by atoms with van der Waals surface area (Å²) in [5.74, 6) is -1.99. The number of amides is 1. The van der Waals surface area contributed by atoms with Gasteiger partial charge in [-0.3, -0.25) is 4.79 Å². The van der Waals surface area contributed by atoms with Crippen molar-refractivity contribution in [2.45, 2.75) is 19.1 Å². The fourth-order valence-corrected chi connectivity index (χ4v) is 3.63. The molecular formula is C18H13F3N2O3S. The van der Waals surface area contributed by atoms with E-state index in [9.17, 15) is 27.9 Å². The third kappa shape index (κ3) is 3.77. The van der Waals surface area contributed by atoms with Crippen molar-refractivity contribution in [1.82, 2.24) is 4.57 Å². The van der Waals surface area contributed by atoms with Gasteiger partial charge in [0, 0.05) is 5.56 Å². The summed E-state index contributed by atoms with van der Waals surface area (Å²) in [4.78, 5) is 27.9. The molecule has 0 aliphatic heterocycles. The number of thiazole rings is 1. The first-order valence-corrected chi connectivity index (χ1v) is 8.59.